The van der Waals surface area contributed by atoms with Gasteiger partial charge in [0.2, 0.25) is 0 Å². The number of carbonyl (C=O) groups excluding carboxylic acids is 2. The van der Waals surface area contributed by atoms with Crippen molar-refractivity contribution < 1.29 is 23.9 Å². The average Bonchev–Trinajstić information content (AvgIpc) is 3.22. The molecule has 7 nitrogen and oxygen atoms in total. The molecule has 0 atom stereocenters. The van der Waals surface area contributed by atoms with Crippen LogP contribution in [0, 0.1) is 0 Å². The van der Waals surface area contributed by atoms with Gasteiger partial charge in [0, 0.05) is 5.56 Å². The first-order valence-corrected chi connectivity index (χ1v) is 10.7. The third-order valence-corrected chi connectivity index (χ3v) is 6.01. The Morgan fingerprint density at radius 2 is 1.73 bits per heavy atom. The maximum absolute atomic E-state index is 13.1. The van der Waals surface area contributed by atoms with Crippen molar-refractivity contribution in [3.05, 3.63) is 80.5 Å². The highest BCUT2D eigenvalue weighted by molar-refractivity contribution is 7.80. The number of hydrogen-bond acceptors (Lipinski definition) is 5. The standard InChI is InChI=1S/C22H11Cl3N2O5S/c23-15-4-1-10(21(30)31)7-13(15)18-6-3-12(32-18)9-14-19(28)26-22(33)27(20(14)29)11-2-5-16(24)17(25)8-11/h1-9H,(H,30,31)(H,26,28,33)/b14-9+. The number of carbonyl (C=O) groups is 3. The van der Waals surface area contributed by atoms with E-state index in [1.807, 2.05) is 0 Å². The number of thiocarbonyl (C=S) groups is 1. The second kappa shape index (κ2) is 8.99. The van der Waals surface area contributed by atoms with E-state index in [-0.39, 0.29) is 37.8 Å². The number of anilines is 1. The van der Waals surface area contributed by atoms with Crippen LogP contribution >= 0.6 is 47.0 Å². The lowest BCUT2D eigenvalue weighted by Crippen LogP contribution is -2.54. The molecule has 0 saturated carbocycles. The van der Waals surface area contributed by atoms with Crippen molar-refractivity contribution in [1.82, 2.24) is 5.32 Å². The molecule has 0 unspecified atom stereocenters. The molecule has 33 heavy (non-hydrogen) atoms. The van der Waals surface area contributed by atoms with E-state index in [1.54, 1.807) is 6.07 Å². The van der Waals surface area contributed by atoms with Crippen LogP contribution in [0.4, 0.5) is 5.69 Å². The summed E-state index contributed by atoms with van der Waals surface area (Å²) in [5.74, 6) is -2.08. The molecule has 1 saturated heterocycles. The third kappa shape index (κ3) is 4.51. The minimum atomic E-state index is -1.12. The fourth-order valence-electron chi connectivity index (χ4n) is 3.08. The quantitative estimate of drug-likeness (QED) is 0.270. The Hall–Kier alpha value is -3.17. The first-order chi connectivity index (χ1) is 15.7. The fourth-order valence-corrected chi connectivity index (χ4v) is 3.86. The van der Waals surface area contributed by atoms with E-state index in [0.717, 1.165) is 4.90 Å². The van der Waals surface area contributed by atoms with Crippen LogP contribution in [0.15, 0.2) is 58.5 Å². The molecular formula is C22H11Cl3N2O5S. The Bertz CT molecular complexity index is 1380. The van der Waals surface area contributed by atoms with E-state index in [1.165, 1.54) is 48.5 Å². The summed E-state index contributed by atoms with van der Waals surface area (Å²) in [6.07, 6.45) is 1.25. The molecule has 2 heterocycles. The summed E-state index contributed by atoms with van der Waals surface area (Å²) in [6, 6.07) is 11.7. The SMILES string of the molecule is O=C1NC(=S)N(c2ccc(Cl)c(Cl)c2)C(=O)/C1=C/c1ccc(-c2cc(C(=O)O)ccc2Cl)o1. The molecule has 1 aromatic heterocycles. The largest absolute Gasteiger partial charge is 0.478 e. The topological polar surface area (TPSA) is 99.9 Å². The van der Waals surface area contributed by atoms with E-state index in [9.17, 15) is 19.5 Å². The van der Waals surface area contributed by atoms with Gasteiger partial charge in [0.25, 0.3) is 11.8 Å². The van der Waals surface area contributed by atoms with Gasteiger partial charge in [-0.15, -0.1) is 0 Å². The van der Waals surface area contributed by atoms with E-state index in [4.69, 9.17) is 51.4 Å². The highest BCUT2D eigenvalue weighted by Gasteiger charge is 2.35. The van der Waals surface area contributed by atoms with Gasteiger partial charge in [0.05, 0.1) is 26.3 Å². The van der Waals surface area contributed by atoms with Gasteiger partial charge in [-0.05, 0) is 66.8 Å². The molecule has 0 spiro atoms. The maximum Gasteiger partial charge on any atom is 0.335 e. The Labute approximate surface area is 207 Å². The predicted octanol–water partition coefficient (Wildman–Crippen LogP) is 5.44. The number of hydrogen-bond donors (Lipinski definition) is 2. The summed E-state index contributed by atoms with van der Waals surface area (Å²) in [5.41, 5.74) is 0.459. The number of carboxylic acids is 1. The van der Waals surface area contributed by atoms with Crippen LogP contribution in [0.5, 0.6) is 0 Å². The second-order valence-electron chi connectivity index (χ2n) is 6.76. The first-order valence-electron chi connectivity index (χ1n) is 9.15. The van der Waals surface area contributed by atoms with Gasteiger partial charge in [-0.3, -0.25) is 19.8 Å². The minimum Gasteiger partial charge on any atom is -0.478 e. The predicted molar refractivity (Wildman–Crippen MR) is 129 cm³/mol. The summed E-state index contributed by atoms with van der Waals surface area (Å²) in [5, 5.41) is 12.3. The lowest BCUT2D eigenvalue weighted by Gasteiger charge is -2.29. The molecule has 0 aliphatic carbocycles. The van der Waals surface area contributed by atoms with Gasteiger partial charge in [0.15, 0.2) is 5.11 Å². The molecule has 3 aromatic rings. The summed E-state index contributed by atoms with van der Waals surface area (Å²) >= 11 is 23.3. The number of furan rings is 1. The van der Waals surface area contributed by atoms with Gasteiger partial charge in [-0.1, -0.05) is 34.8 Å². The lowest BCUT2D eigenvalue weighted by atomic mass is 10.1. The highest BCUT2D eigenvalue weighted by atomic mass is 35.5. The van der Waals surface area contributed by atoms with Crippen molar-refractivity contribution in [2.45, 2.75) is 0 Å². The zero-order chi connectivity index (χ0) is 23.9. The maximum atomic E-state index is 13.1. The monoisotopic (exact) mass is 520 g/mol. The smallest absolute Gasteiger partial charge is 0.335 e. The molecule has 4 rings (SSSR count). The van der Waals surface area contributed by atoms with Gasteiger partial charge in [-0.2, -0.15) is 0 Å². The number of carboxylic acid groups (broad SMARTS) is 1. The summed E-state index contributed by atoms with van der Waals surface area (Å²) in [7, 11) is 0. The Balaban J connectivity index is 1.70. The zero-order valence-electron chi connectivity index (χ0n) is 16.3. The molecule has 166 valence electrons. The van der Waals surface area contributed by atoms with Crippen molar-refractivity contribution in [2.24, 2.45) is 0 Å². The number of benzene rings is 2. The molecule has 0 bridgehead atoms. The van der Waals surface area contributed by atoms with Crippen molar-refractivity contribution in [2.75, 3.05) is 4.90 Å². The third-order valence-electron chi connectivity index (χ3n) is 4.66. The fraction of sp³-hybridized carbons (Fsp3) is 0. The molecule has 0 radical (unpaired) electrons. The van der Waals surface area contributed by atoms with Crippen LogP contribution in [0.2, 0.25) is 15.1 Å². The van der Waals surface area contributed by atoms with E-state index in [2.05, 4.69) is 5.32 Å². The molecule has 2 aromatic carbocycles. The van der Waals surface area contributed by atoms with Gasteiger partial charge in [0.1, 0.15) is 17.1 Å². The second-order valence-corrected chi connectivity index (χ2v) is 8.37. The average molecular weight is 522 g/mol. The number of halogens is 3. The Morgan fingerprint density at radius 1 is 1.00 bits per heavy atom. The number of aromatic carboxylic acids is 1. The molecule has 11 heteroatoms. The van der Waals surface area contributed by atoms with Crippen molar-refractivity contribution in [3.63, 3.8) is 0 Å². The molecule has 2 N–H and O–H groups in total. The van der Waals surface area contributed by atoms with Crippen molar-refractivity contribution >= 4 is 81.7 Å². The highest BCUT2D eigenvalue weighted by Crippen LogP contribution is 2.32. The Kier molecular flexibility index (Phi) is 6.27. The van der Waals surface area contributed by atoms with Crippen LogP contribution in [-0.4, -0.2) is 28.0 Å². The minimum absolute atomic E-state index is 0.0262. The summed E-state index contributed by atoms with van der Waals surface area (Å²) in [4.78, 5) is 37.9. The Morgan fingerprint density at radius 3 is 2.42 bits per heavy atom. The first kappa shape index (κ1) is 23.0. The number of nitrogens with one attached hydrogen (secondary N) is 1. The van der Waals surface area contributed by atoms with Gasteiger partial charge < -0.3 is 9.52 Å². The molecular weight excluding hydrogens is 511 g/mol. The number of nitrogens with zero attached hydrogens (tertiary/aromatic N) is 1. The normalized spacial score (nSPS) is 15.2. The molecule has 2 amide bonds. The molecule has 1 aliphatic rings. The van der Waals surface area contributed by atoms with Crippen LogP contribution in [-0.2, 0) is 9.59 Å². The summed E-state index contributed by atoms with van der Waals surface area (Å²) < 4.78 is 5.71. The van der Waals surface area contributed by atoms with Crippen LogP contribution in [0.3, 0.4) is 0 Å². The number of amides is 2. The lowest BCUT2D eigenvalue weighted by molar-refractivity contribution is -0.122. The molecule has 1 fully saturated rings. The zero-order valence-corrected chi connectivity index (χ0v) is 19.3. The van der Waals surface area contributed by atoms with Crippen LogP contribution in [0.25, 0.3) is 17.4 Å². The van der Waals surface area contributed by atoms with Crippen LogP contribution < -0.4 is 10.2 Å². The van der Waals surface area contributed by atoms with Crippen LogP contribution in [0.1, 0.15) is 16.1 Å². The number of rotatable bonds is 4. The van der Waals surface area contributed by atoms with E-state index < -0.39 is 17.8 Å². The van der Waals surface area contributed by atoms with Gasteiger partial charge >= 0.3 is 5.97 Å². The molecule has 1 aliphatic heterocycles. The van der Waals surface area contributed by atoms with E-state index >= 15 is 0 Å². The van der Waals surface area contributed by atoms with E-state index in [0.29, 0.717) is 16.3 Å². The van der Waals surface area contributed by atoms with Crippen molar-refractivity contribution in [3.8, 4) is 11.3 Å². The van der Waals surface area contributed by atoms with Crippen molar-refractivity contribution in [1.29, 1.82) is 0 Å². The summed E-state index contributed by atoms with van der Waals surface area (Å²) in [6.45, 7) is 0. The van der Waals surface area contributed by atoms with Gasteiger partial charge in [-0.25, -0.2) is 4.79 Å².